The van der Waals surface area contributed by atoms with Crippen LogP contribution in [0.5, 0.6) is 0 Å². The van der Waals surface area contributed by atoms with Gasteiger partial charge in [0.25, 0.3) is 0 Å². The van der Waals surface area contributed by atoms with E-state index in [9.17, 15) is 27.9 Å². The van der Waals surface area contributed by atoms with Gasteiger partial charge in [0.05, 0.1) is 36.5 Å². The van der Waals surface area contributed by atoms with Crippen LogP contribution < -0.4 is 20.7 Å². The number of nitrogens with one attached hydrogen (secondary N) is 4. The number of anilines is 3. The van der Waals surface area contributed by atoms with Gasteiger partial charge in [0.1, 0.15) is 4.90 Å². The van der Waals surface area contributed by atoms with Gasteiger partial charge in [-0.25, -0.2) is 17.9 Å². The molecule has 1 atom stereocenters. The zero-order chi connectivity index (χ0) is 30.1. The smallest absolute Gasteiger partial charge is 0.323 e. The lowest BCUT2D eigenvalue weighted by atomic mass is 10.1. The lowest BCUT2D eigenvalue weighted by molar-refractivity contribution is -0.137. The lowest BCUT2D eigenvalue weighted by Gasteiger charge is -2.17. The average Bonchev–Trinajstić information content (AvgIpc) is 2.95. The van der Waals surface area contributed by atoms with Crippen molar-refractivity contribution in [1.29, 1.82) is 0 Å². The van der Waals surface area contributed by atoms with Crippen LogP contribution in [-0.4, -0.2) is 41.4 Å². The van der Waals surface area contributed by atoms with Crippen LogP contribution in [0, 0.1) is 6.92 Å². The number of carbonyl (C=O) groups is 3. The molecule has 0 saturated heterocycles. The molecule has 4 rings (SSSR count). The standard InChI is InChI=1S/C29H28N6O6S/c1-19-5-2-3-7-24(19)34-29(39)33-21-10-8-20(9-11-21)15-27(36)32-22-12-13-25(31-17-22)26(16-28(37)38)35-42(40,41)23-6-4-14-30-18-23/h2-14,17-18,26,35H,15-16H2,1H3,(H,32,36)(H,37,38)(H2,33,34,39). The Bertz CT molecular complexity index is 1660. The summed E-state index contributed by atoms with van der Waals surface area (Å²) in [6.45, 7) is 1.89. The van der Waals surface area contributed by atoms with Crippen LogP contribution in [0.4, 0.5) is 21.9 Å². The molecule has 12 nitrogen and oxygen atoms in total. The van der Waals surface area contributed by atoms with Gasteiger partial charge in [-0.2, -0.15) is 0 Å². The number of carboxylic acid groups (broad SMARTS) is 1. The molecule has 0 fully saturated rings. The van der Waals surface area contributed by atoms with Crippen LogP contribution in [0.1, 0.15) is 29.3 Å². The maximum atomic E-state index is 12.7. The predicted molar refractivity (Wildman–Crippen MR) is 156 cm³/mol. The van der Waals surface area contributed by atoms with Gasteiger partial charge < -0.3 is 21.1 Å². The molecule has 5 N–H and O–H groups in total. The monoisotopic (exact) mass is 588 g/mol. The van der Waals surface area contributed by atoms with Crippen LogP contribution in [-0.2, 0) is 26.0 Å². The molecule has 2 aromatic carbocycles. The topological polar surface area (TPSA) is 179 Å². The van der Waals surface area contributed by atoms with Gasteiger partial charge in [-0.3, -0.25) is 19.6 Å². The maximum absolute atomic E-state index is 12.7. The molecule has 0 aliphatic rings. The third-order valence-electron chi connectivity index (χ3n) is 6.02. The van der Waals surface area contributed by atoms with Crippen molar-refractivity contribution < 1.29 is 27.9 Å². The van der Waals surface area contributed by atoms with E-state index in [4.69, 9.17) is 0 Å². The summed E-state index contributed by atoms with van der Waals surface area (Å²) < 4.78 is 27.7. The van der Waals surface area contributed by atoms with Gasteiger partial charge in [0.15, 0.2) is 0 Å². The predicted octanol–water partition coefficient (Wildman–Crippen LogP) is 4.10. The zero-order valence-corrected chi connectivity index (χ0v) is 23.3. The fourth-order valence-electron chi connectivity index (χ4n) is 3.92. The SMILES string of the molecule is Cc1ccccc1NC(=O)Nc1ccc(CC(=O)Nc2ccc(C(CC(=O)O)NS(=O)(=O)c3cccnc3)nc2)cc1. The molecule has 0 bridgehead atoms. The van der Waals surface area contributed by atoms with E-state index in [1.54, 1.807) is 30.3 Å². The van der Waals surface area contributed by atoms with Crippen LogP contribution in [0.25, 0.3) is 0 Å². The molecule has 13 heteroatoms. The van der Waals surface area contributed by atoms with E-state index in [2.05, 4.69) is 30.6 Å². The molecular weight excluding hydrogens is 560 g/mol. The second kappa shape index (κ2) is 13.5. The Hall–Kier alpha value is -5.14. The van der Waals surface area contributed by atoms with Crippen molar-refractivity contribution in [2.75, 3.05) is 16.0 Å². The maximum Gasteiger partial charge on any atom is 0.323 e. The number of sulfonamides is 1. The molecule has 0 radical (unpaired) electrons. The third-order valence-corrected chi connectivity index (χ3v) is 7.47. The van der Waals surface area contributed by atoms with Crippen molar-refractivity contribution in [3.8, 4) is 0 Å². The Morgan fingerprint density at radius 3 is 2.24 bits per heavy atom. The fraction of sp³-hybridized carbons (Fsp3) is 0.138. The number of carboxylic acids is 1. The number of aryl methyl sites for hydroxylation is 1. The molecule has 1 unspecified atom stereocenters. The van der Waals surface area contributed by atoms with E-state index >= 15 is 0 Å². The van der Waals surface area contributed by atoms with Crippen LogP contribution in [0.15, 0.2) is 96.3 Å². The molecule has 0 aliphatic heterocycles. The van der Waals surface area contributed by atoms with E-state index in [0.29, 0.717) is 22.6 Å². The normalized spacial score (nSPS) is 11.7. The van der Waals surface area contributed by atoms with Crippen molar-refractivity contribution in [2.24, 2.45) is 0 Å². The Morgan fingerprint density at radius 2 is 1.60 bits per heavy atom. The lowest BCUT2D eigenvalue weighted by Crippen LogP contribution is -2.31. The minimum atomic E-state index is -4.06. The Labute approximate surface area is 242 Å². The van der Waals surface area contributed by atoms with Gasteiger partial charge in [-0.1, -0.05) is 30.3 Å². The van der Waals surface area contributed by atoms with Gasteiger partial charge in [0.2, 0.25) is 15.9 Å². The van der Waals surface area contributed by atoms with E-state index in [1.165, 1.54) is 36.7 Å². The number of para-hydroxylation sites is 1. The number of urea groups is 1. The number of aliphatic carboxylic acids is 1. The number of rotatable bonds is 11. The molecule has 0 spiro atoms. The van der Waals surface area contributed by atoms with E-state index in [0.717, 1.165) is 11.8 Å². The van der Waals surface area contributed by atoms with Crippen LogP contribution in [0.3, 0.4) is 0 Å². The first-order valence-corrected chi connectivity index (χ1v) is 14.2. The number of carbonyl (C=O) groups excluding carboxylic acids is 2. The van der Waals surface area contributed by atoms with Gasteiger partial charge in [0, 0.05) is 23.8 Å². The summed E-state index contributed by atoms with van der Waals surface area (Å²) in [5, 5.41) is 17.5. The van der Waals surface area contributed by atoms with Crippen molar-refractivity contribution >= 4 is 45.0 Å². The number of amides is 3. The number of aromatic nitrogens is 2. The van der Waals surface area contributed by atoms with Gasteiger partial charge >= 0.3 is 12.0 Å². The highest BCUT2D eigenvalue weighted by atomic mass is 32.2. The Balaban J connectivity index is 1.33. The number of benzene rings is 2. The average molecular weight is 589 g/mol. The minimum absolute atomic E-state index is 0.0456. The first-order chi connectivity index (χ1) is 20.1. The molecule has 3 amide bonds. The summed E-state index contributed by atoms with van der Waals surface area (Å²) in [6, 6.07) is 18.4. The number of nitrogens with zero attached hydrogens (tertiary/aromatic N) is 2. The molecule has 2 heterocycles. The summed E-state index contributed by atoms with van der Waals surface area (Å²) in [5.41, 5.74) is 3.41. The highest BCUT2D eigenvalue weighted by molar-refractivity contribution is 7.89. The Morgan fingerprint density at radius 1 is 0.857 bits per heavy atom. The second-order valence-electron chi connectivity index (χ2n) is 9.25. The van der Waals surface area contributed by atoms with Crippen molar-refractivity contribution in [2.45, 2.75) is 30.7 Å². The van der Waals surface area contributed by atoms with Crippen LogP contribution in [0.2, 0.25) is 0 Å². The molecule has 2 aromatic heterocycles. The summed E-state index contributed by atoms with van der Waals surface area (Å²) in [5.74, 6) is -1.55. The van der Waals surface area contributed by atoms with E-state index < -0.39 is 28.5 Å². The molecule has 42 heavy (non-hydrogen) atoms. The summed E-state index contributed by atoms with van der Waals surface area (Å²) in [7, 11) is -4.06. The van der Waals surface area contributed by atoms with Crippen molar-refractivity contribution in [3.05, 3.63) is 108 Å². The first-order valence-electron chi connectivity index (χ1n) is 12.7. The zero-order valence-electron chi connectivity index (χ0n) is 22.4. The minimum Gasteiger partial charge on any atom is -0.481 e. The van der Waals surface area contributed by atoms with Crippen LogP contribution >= 0.6 is 0 Å². The molecule has 216 valence electrons. The van der Waals surface area contributed by atoms with E-state index in [-0.39, 0.29) is 28.9 Å². The highest BCUT2D eigenvalue weighted by Crippen LogP contribution is 2.21. The van der Waals surface area contributed by atoms with Gasteiger partial charge in [-0.05, 0) is 60.5 Å². The summed E-state index contributed by atoms with van der Waals surface area (Å²) in [6.07, 6.45) is 3.39. The quantitative estimate of drug-likeness (QED) is 0.174. The number of pyridine rings is 2. The highest BCUT2D eigenvalue weighted by Gasteiger charge is 2.25. The second-order valence-corrected chi connectivity index (χ2v) is 11.0. The third kappa shape index (κ3) is 8.43. The van der Waals surface area contributed by atoms with E-state index in [1.807, 2.05) is 25.1 Å². The molecule has 0 saturated carbocycles. The summed E-state index contributed by atoms with van der Waals surface area (Å²) in [4.78, 5) is 44.1. The number of hydrogen-bond donors (Lipinski definition) is 5. The summed E-state index contributed by atoms with van der Waals surface area (Å²) >= 11 is 0. The van der Waals surface area contributed by atoms with Crippen molar-refractivity contribution in [1.82, 2.24) is 14.7 Å². The fourth-order valence-corrected chi connectivity index (χ4v) is 5.09. The van der Waals surface area contributed by atoms with Gasteiger partial charge in [-0.15, -0.1) is 0 Å². The largest absolute Gasteiger partial charge is 0.481 e. The first kappa shape index (κ1) is 29.8. The Kier molecular flexibility index (Phi) is 9.57. The molecular formula is C29H28N6O6S. The molecule has 4 aromatic rings. The van der Waals surface area contributed by atoms with Crippen molar-refractivity contribution in [3.63, 3.8) is 0 Å². The number of hydrogen-bond acceptors (Lipinski definition) is 7. The molecule has 0 aliphatic carbocycles.